The largest absolute Gasteiger partial charge is 0.497 e. The first-order valence-corrected chi connectivity index (χ1v) is 10.9. The van der Waals surface area contributed by atoms with Crippen molar-refractivity contribution in [1.82, 2.24) is 19.6 Å². The Morgan fingerprint density at radius 2 is 1.69 bits per heavy atom. The maximum atomic E-state index is 13.5. The fraction of sp³-hybridized carbons (Fsp3) is 0.320. The molecular weight excluding hydrogens is 404 g/mol. The van der Waals surface area contributed by atoms with Gasteiger partial charge in [-0.3, -0.25) is 9.59 Å². The lowest BCUT2D eigenvalue weighted by Gasteiger charge is -2.34. The van der Waals surface area contributed by atoms with Crippen molar-refractivity contribution in [2.45, 2.75) is 20.3 Å². The Morgan fingerprint density at radius 1 is 1.00 bits per heavy atom. The van der Waals surface area contributed by atoms with Crippen molar-refractivity contribution in [3.8, 4) is 22.7 Å². The Balaban J connectivity index is 1.69. The number of aromatic nitrogens is 2. The minimum absolute atomic E-state index is 0.0789. The highest BCUT2D eigenvalue weighted by Crippen LogP contribution is 2.28. The van der Waals surface area contributed by atoms with Crippen LogP contribution in [0.15, 0.2) is 54.7 Å². The zero-order chi connectivity index (χ0) is 22.7. The summed E-state index contributed by atoms with van der Waals surface area (Å²) in [4.78, 5) is 29.2. The minimum Gasteiger partial charge on any atom is -0.497 e. The molecule has 0 spiro atoms. The van der Waals surface area contributed by atoms with Gasteiger partial charge in [0.05, 0.1) is 18.4 Å². The van der Waals surface area contributed by atoms with Crippen LogP contribution < -0.4 is 4.74 Å². The highest BCUT2D eigenvalue weighted by molar-refractivity contribution is 6.00. The number of ether oxygens (including phenoxy) is 1. The zero-order valence-corrected chi connectivity index (χ0v) is 18.7. The lowest BCUT2D eigenvalue weighted by molar-refractivity contribution is -0.132. The lowest BCUT2D eigenvalue weighted by atomic mass is 10.1. The summed E-state index contributed by atoms with van der Waals surface area (Å²) >= 11 is 0. The molecule has 0 N–H and O–H groups in total. The van der Waals surface area contributed by atoms with Crippen LogP contribution in [-0.2, 0) is 4.79 Å². The minimum atomic E-state index is -0.0789. The molecule has 32 heavy (non-hydrogen) atoms. The Morgan fingerprint density at radius 3 is 2.34 bits per heavy atom. The molecule has 0 aliphatic carbocycles. The standard InChI is InChI=1S/C25H28N4O3/c1-4-23(30)27-12-14-28(15-13-27)25(31)22-17-29(20-10-8-18(2)9-11-20)26-24(22)19-6-5-7-21(16-19)32-3/h5-11,16-17H,4,12-15H2,1-3H3. The molecule has 1 aliphatic rings. The van der Waals surface area contributed by atoms with Crippen LogP contribution in [-0.4, -0.2) is 64.7 Å². The smallest absolute Gasteiger partial charge is 0.257 e. The van der Waals surface area contributed by atoms with Crippen molar-refractivity contribution in [2.24, 2.45) is 0 Å². The second-order valence-corrected chi connectivity index (χ2v) is 7.93. The molecule has 2 amide bonds. The van der Waals surface area contributed by atoms with Crippen molar-refractivity contribution in [3.63, 3.8) is 0 Å². The second kappa shape index (κ2) is 9.26. The average molecular weight is 433 g/mol. The molecule has 1 fully saturated rings. The van der Waals surface area contributed by atoms with Crippen LogP contribution in [0.25, 0.3) is 16.9 Å². The first kappa shape index (κ1) is 21.6. The van der Waals surface area contributed by atoms with Gasteiger partial charge in [-0.15, -0.1) is 0 Å². The molecule has 0 unspecified atom stereocenters. The molecule has 2 heterocycles. The van der Waals surface area contributed by atoms with E-state index in [1.807, 2.05) is 67.3 Å². The van der Waals surface area contributed by atoms with Gasteiger partial charge in [-0.25, -0.2) is 4.68 Å². The molecule has 0 radical (unpaired) electrons. The maximum absolute atomic E-state index is 13.5. The van der Waals surface area contributed by atoms with Crippen LogP contribution >= 0.6 is 0 Å². The van der Waals surface area contributed by atoms with Gasteiger partial charge in [0.2, 0.25) is 5.91 Å². The average Bonchev–Trinajstić information content (AvgIpc) is 3.29. The van der Waals surface area contributed by atoms with Crippen molar-refractivity contribution < 1.29 is 14.3 Å². The molecule has 1 saturated heterocycles. The number of piperazine rings is 1. The van der Waals surface area contributed by atoms with E-state index in [2.05, 4.69) is 0 Å². The van der Waals surface area contributed by atoms with E-state index in [0.29, 0.717) is 49.6 Å². The van der Waals surface area contributed by atoms with Gasteiger partial charge in [-0.05, 0) is 31.2 Å². The van der Waals surface area contributed by atoms with Gasteiger partial charge in [0.15, 0.2) is 0 Å². The first-order chi connectivity index (χ1) is 15.5. The van der Waals surface area contributed by atoms with Gasteiger partial charge in [0, 0.05) is 44.4 Å². The number of carbonyl (C=O) groups is 2. The maximum Gasteiger partial charge on any atom is 0.257 e. The van der Waals surface area contributed by atoms with Crippen molar-refractivity contribution >= 4 is 11.8 Å². The number of benzene rings is 2. The van der Waals surface area contributed by atoms with Gasteiger partial charge < -0.3 is 14.5 Å². The Labute approximate surface area is 188 Å². The number of carbonyl (C=O) groups excluding carboxylic acids is 2. The summed E-state index contributed by atoms with van der Waals surface area (Å²) in [5.74, 6) is 0.753. The molecule has 7 nitrogen and oxygen atoms in total. The number of amides is 2. The molecule has 1 aromatic heterocycles. The number of hydrogen-bond donors (Lipinski definition) is 0. The van der Waals surface area contributed by atoms with E-state index >= 15 is 0 Å². The molecule has 4 rings (SSSR count). The monoisotopic (exact) mass is 432 g/mol. The van der Waals surface area contributed by atoms with Crippen LogP contribution in [0.4, 0.5) is 0 Å². The SMILES string of the molecule is CCC(=O)N1CCN(C(=O)c2cn(-c3ccc(C)cc3)nc2-c2cccc(OC)c2)CC1. The van der Waals surface area contributed by atoms with E-state index in [1.165, 1.54) is 0 Å². The van der Waals surface area contributed by atoms with E-state index in [0.717, 1.165) is 16.8 Å². The zero-order valence-electron chi connectivity index (χ0n) is 18.7. The molecule has 1 aliphatic heterocycles. The van der Waals surface area contributed by atoms with Gasteiger partial charge >= 0.3 is 0 Å². The Bertz CT molecular complexity index is 1110. The normalized spacial score (nSPS) is 13.8. The summed E-state index contributed by atoms with van der Waals surface area (Å²) in [7, 11) is 1.62. The van der Waals surface area contributed by atoms with Crippen LogP contribution in [0.3, 0.4) is 0 Å². The van der Waals surface area contributed by atoms with Crippen molar-refractivity contribution in [2.75, 3.05) is 33.3 Å². The molecule has 3 aromatic rings. The third-order valence-corrected chi connectivity index (χ3v) is 5.81. The Hall–Kier alpha value is -3.61. The third kappa shape index (κ3) is 4.37. The van der Waals surface area contributed by atoms with E-state index in [-0.39, 0.29) is 11.8 Å². The summed E-state index contributed by atoms with van der Waals surface area (Å²) in [5, 5.41) is 4.78. The van der Waals surface area contributed by atoms with Crippen molar-refractivity contribution in [3.05, 3.63) is 65.9 Å². The van der Waals surface area contributed by atoms with Crippen molar-refractivity contribution in [1.29, 1.82) is 0 Å². The summed E-state index contributed by atoms with van der Waals surface area (Å²) in [6, 6.07) is 15.6. The highest BCUT2D eigenvalue weighted by Gasteiger charge is 2.28. The van der Waals surface area contributed by atoms with Crippen LogP contribution in [0.2, 0.25) is 0 Å². The Kier molecular flexibility index (Phi) is 6.25. The van der Waals surface area contributed by atoms with Gasteiger partial charge in [-0.1, -0.05) is 36.8 Å². The molecule has 0 atom stereocenters. The predicted octanol–water partition coefficient (Wildman–Crippen LogP) is 3.55. The number of rotatable bonds is 5. The number of nitrogens with zero attached hydrogens (tertiary/aromatic N) is 4. The topological polar surface area (TPSA) is 67.7 Å². The van der Waals surface area contributed by atoms with Crippen LogP contribution in [0.5, 0.6) is 5.75 Å². The molecule has 166 valence electrons. The lowest BCUT2D eigenvalue weighted by Crippen LogP contribution is -2.50. The van der Waals surface area contributed by atoms with E-state index < -0.39 is 0 Å². The molecule has 2 aromatic carbocycles. The molecule has 0 bridgehead atoms. The summed E-state index contributed by atoms with van der Waals surface area (Å²) < 4.78 is 7.12. The van der Waals surface area contributed by atoms with Gasteiger partial charge in [0.1, 0.15) is 11.4 Å². The van der Waals surface area contributed by atoms with Gasteiger partial charge in [-0.2, -0.15) is 5.10 Å². The summed E-state index contributed by atoms with van der Waals surface area (Å²) in [6.07, 6.45) is 2.28. The van der Waals surface area contributed by atoms with Crippen LogP contribution in [0.1, 0.15) is 29.3 Å². The molecule has 0 saturated carbocycles. The number of hydrogen-bond acceptors (Lipinski definition) is 4. The first-order valence-electron chi connectivity index (χ1n) is 10.9. The molecular formula is C25H28N4O3. The highest BCUT2D eigenvalue weighted by atomic mass is 16.5. The quantitative estimate of drug-likeness (QED) is 0.618. The van der Waals surface area contributed by atoms with E-state index in [1.54, 1.807) is 22.9 Å². The fourth-order valence-electron chi connectivity index (χ4n) is 3.90. The second-order valence-electron chi connectivity index (χ2n) is 7.93. The summed E-state index contributed by atoms with van der Waals surface area (Å²) in [6.45, 7) is 6.03. The predicted molar refractivity (Wildman–Crippen MR) is 123 cm³/mol. The summed E-state index contributed by atoms with van der Waals surface area (Å²) in [5.41, 5.74) is 4.01. The van der Waals surface area contributed by atoms with Crippen LogP contribution in [0, 0.1) is 6.92 Å². The fourth-order valence-corrected chi connectivity index (χ4v) is 3.90. The number of methoxy groups -OCH3 is 1. The van der Waals surface area contributed by atoms with E-state index in [9.17, 15) is 9.59 Å². The molecule has 7 heteroatoms. The van der Waals surface area contributed by atoms with E-state index in [4.69, 9.17) is 9.84 Å². The third-order valence-electron chi connectivity index (χ3n) is 5.81. The van der Waals surface area contributed by atoms with Gasteiger partial charge in [0.25, 0.3) is 5.91 Å². The number of aryl methyl sites for hydroxylation is 1.